The first-order valence-corrected chi connectivity index (χ1v) is 7.05. The summed E-state index contributed by atoms with van der Waals surface area (Å²) in [5.74, 6) is 0.318. The molecule has 1 heterocycles. The van der Waals surface area contributed by atoms with Crippen LogP contribution in [0.25, 0.3) is 0 Å². The van der Waals surface area contributed by atoms with Crippen LogP contribution in [0.15, 0.2) is 30.6 Å². The molecule has 0 unspecified atom stereocenters. The number of hydrogen-bond acceptors (Lipinski definition) is 4. The molecule has 0 aromatic carbocycles. The minimum absolute atomic E-state index is 0.361. The fourth-order valence-corrected chi connectivity index (χ4v) is 2.10. The van der Waals surface area contributed by atoms with Crippen LogP contribution in [0.3, 0.4) is 0 Å². The van der Waals surface area contributed by atoms with Gasteiger partial charge in [-0.1, -0.05) is 38.8 Å². The molecule has 1 N–H and O–H groups in total. The fourth-order valence-electron chi connectivity index (χ4n) is 2.10. The van der Waals surface area contributed by atoms with Gasteiger partial charge in [0, 0.05) is 12.7 Å². The van der Waals surface area contributed by atoms with E-state index in [0.717, 1.165) is 24.8 Å². The number of carbonyl (C=O) groups excluding carboxylic acids is 1. The number of aromatic nitrogens is 1. The topological polar surface area (TPSA) is 51.2 Å². The van der Waals surface area contributed by atoms with Gasteiger partial charge in [-0.15, -0.1) is 0 Å². The molecule has 1 rings (SSSR count). The highest BCUT2D eigenvalue weighted by molar-refractivity contribution is 5.95. The average Bonchev–Trinajstić information content (AvgIpc) is 2.50. The first kappa shape index (κ1) is 16.2. The highest BCUT2D eigenvalue weighted by Crippen LogP contribution is 2.19. The number of nitrogens with one attached hydrogen (secondary N) is 1. The van der Waals surface area contributed by atoms with Crippen LogP contribution < -0.4 is 5.32 Å². The highest BCUT2D eigenvalue weighted by atomic mass is 16.5. The van der Waals surface area contributed by atoms with E-state index in [4.69, 9.17) is 4.74 Å². The summed E-state index contributed by atoms with van der Waals surface area (Å²) in [7, 11) is 1.37. The SMILES string of the molecule is C=C(CNc1cnccc1C(=O)OC)CC(CC)CC. The summed E-state index contributed by atoms with van der Waals surface area (Å²) in [6, 6.07) is 1.65. The third-order valence-electron chi connectivity index (χ3n) is 3.49. The molecule has 0 aliphatic rings. The van der Waals surface area contributed by atoms with Gasteiger partial charge in [-0.3, -0.25) is 4.98 Å². The maximum atomic E-state index is 11.6. The predicted molar refractivity (Wildman–Crippen MR) is 81.9 cm³/mol. The van der Waals surface area contributed by atoms with Crippen molar-refractivity contribution in [3.8, 4) is 0 Å². The number of esters is 1. The molecule has 0 aliphatic carbocycles. The predicted octanol–water partition coefficient (Wildman–Crippen LogP) is 3.66. The Hall–Kier alpha value is -1.84. The molecular formula is C16H24N2O2. The highest BCUT2D eigenvalue weighted by Gasteiger charge is 2.12. The van der Waals surface area contributed by atoms with E-state index in [9.17, 15) is 4.79 Å². The lowest BCUT2D eigenvalue weighted by atomic mass is 9.95. The van der Waals surface area contributed by atoms with E-state index in [0.29, 0.717) is 23.7 Å². The van der Waals surface area contributed by atoms with Crippen LogP contribution >= 0.6 is 0 Å². The number of carbonyl (C=O) groups is 1. The van der Waals surface area contributed by atoms with Crippen molar-refractivity contribution in [3.63, 3.8) is 0 Å². The molecule has 0 saturated carbocycles. The van der Waals surface area contributed by atoms with Crippen LogP contribution in [-0.2, 0) is 4.74 Å². The number of nitrogens with zero attached hydrogens (tertiary/aromatic N) is 1. The van der Waals surface area contributed by atoms with Gasteiger partial charge in [-0.25, -0.2) is 4.79 Å². The number of hydrogen-bond donors (Lipinski definition) is 1. The quantitative estimate of drug-likeness (QED) is 0.581. The lowest BCUT2D eigenvalue weighted by molar-refractivity contribution is 0.0601. The minimum atomic E-state index is -0.361. The first-order chi connectivity index (χ1) is 9.62. The number of methoxy groups -OCH3 is 1. The molecule has 1 aromatic heterocycles. The van der Waals surface area contributed by atoms with Crippen LogP contribution in [0.5, 0.6) is 0 Å². The maximum absolute atomic E-state index is 11.6. The second kappa shape index (κ2) is 8.35. The molecule has 20 heavy (non-hydrogen) atoms. The molecule has 0 aliphatic heterocycles. The number of rotatable bonds is 8. The molecule has 0 bridgehead atoms. The van der Waals surface area contributed by atoms with Gasteiger partial charge in [0.2, 0.25) is 0 Å². The van der Waals surface area contributed by atoms with Crippen LogP contribution in [0.2, 0.25) is 0 Å². The molecule has 4 heteroatoms. The lowest BCUT2D eigenvalue weighted by Gasteiger charge is -2.16. The van der Waals surface area contributed by atoms with Gasteiger partial charge in [0.1, 0.15) is 0 Å². The van der Waals surface area contributed by atoms with Crippen LogP contribution in [0, 0.1) is 5.92 Å². The molecule has 0 amide bonds. The third kappa shape index (κ3) is 4.68. The smallest absolute Gasteiger partial charge is 0.340 e. The van der Waals surface area contributed by atoms with Gasteiger partial charge < -0.3 is 10.1 Å². The van der Waals surface area contributed by atoms with E-state index in [-0.39, 0.29) is 5.97 Å². The van der Waals surface area contributed by atoms with Crippen molar-refractivity contribution in [2.45, 2.75) is 33.1 Å². The van der Waals surface area contributed by atoms with Gasteiger partial charge in [-0.2, -0.15) is 0 Å². The Labute approximate surface area is 121 Å². The van der Waals surface area contributed by atoms with Crippen LogP contribution in [-0.4, -0.2) is 24.6 Å². The Balaban J connectivity index is 2.61. The Kier molecular flexibility index (Phi) is 6.77. The van der Waals surface area contributed by atoms with E-state index in [2.05, 4.69) is 30.7 Å². The number of ether oxygens (including phenoxy) is 1. The van der Waals surface area contributed by atoms with E-state index in [1.54, 1.807) is 18.5 Å². The Morgan fingerprint density at radius 2 is 2.15 bits per heavy atom. The Morgan fingerprint density at radius 3 is 2.75 bits per heavy atom. The van der Waals surface area contributed by atoms with E-state index < -0.39 is 0 Å². The summed E-state index contributed by atoms with van der Waals surface area (Å²) in [4.78, 5) is 15.7. The van der Waals surface area contributed by atoms with Crippen molar-refractivity contribution in [2.75, 3.05) is 19.0 Å². The number of pyridine rings is 1. The van der Waals surface area contributed by atoms with Crippen molar-refractivity contribution >= 4 is 11.7 Å². The average molecular weight is 276 g/mol. The zero-order valence-corrected chi connectivity index (χ0v) is 12.6. The standard InChI is InChI=1S/C16H24N2O2/c1-5-13(6-2)9-12(3)10-18-15-11-17-8-7-14(15)16(19)20-4/h7-8,11,13,18H,3,5-6,9-10H2,1-2,4H3. The Bertz CT molecular complexity index is 454. The fraction of sp³-hybridized carbons (Fsp3) is 0.500. The summed E-state index contributed by atoms with van der Waals surface area (Å²) in [6.07, 6.45) is 6.55. The maximum Gasteiger partial charge on any atom is 0.340 e. The molecule has 0 atom stereocenters. The summed E-state index contributed by atoms with van der Waals surface area (Å²) < 4.78 is 4.75. The van der Waals surface area contributed by atoms with Crippen molar-refractivity contribution in [2.24, 2.45) is 5.92 Å². The van der Waals surface area contributed by atoms with Crippen LogP contribution in [0.1, 0.15) is 43.5 Å². The Morgan fingerprint density at radius 1 is 1.45 bits per heavy atom. The first-order valence-electron chi connectivity index (χ1n) is 7.05. The van der Waals surface area contributed by atoms with Crippen molar-refractivity contribution in [1.29, 1.82) is 0 Å². The second-order valence-electron chi connectivity index (χ2n) is 4.90. The third-order valence-corrected chi connectivity index (χ3v) is 3.49. The molecule has 4 nitrogen and oxygen atoms in total. The van der Waals surface area contributed by atoms with Gasteiger partial charge in [0.15, 0.2) is 0 Å². The molecule has 0 radical (unpaired) electrons. The summed E-state index contributed by atoms with van der Waals surface area (Å²) in [5, 5.41) is 3.22. The van der Waals surface area contributed by atoms with E-state index >= 15 is 0 Å². The van der Waals surface area contributed by atoms with E-state index in [1.807, 2.05) is 0 Å². The zero-order chi connectivity index (χ0) is 15.0. The van der Waals surface area contributed by atoms with Crippen molar-refractivity contribution in [1.82, 2.24) is 4.98 Å². The lowest BCUT2D eigenvalue weighted by Crippen LogP contribution is -2.12. The summed E-state index contributed by atoms with van der Waals surface area (Å²) in [5.41, 5.74) is 2.32. The van der Waals surface area contributed by atoms with Gasteiger partial charge >= 0.3 is 5.97 Å². The largest absolute Gasteiger partial charge is 0.465 e. The molecular weight excluding hydrogens is 252 g/mol. The summed E-state index contributed by atoms with van der Waals surface area (Å²) in [6.45, 7) is 9.15. The van der Waals surface area contributed by atoms with E-state index in [1.165, 1.54) is 7.11 Å². The van der Waals surface area contributed by atoms with Crippen molar-refractivity contribution in [3.05, 3.63) is 36.2 Å². The molecule has 0 fully saturated rings. The normalized spacial score (nSPS) is 10.4. The zero-order valence-electron chi connectivity index (χ0n) is 12.6. The van der Waals surface area contributed by atoms with Gasteiger partial charge in [-0.05, 0) is 18.4 Å². The van der Waals surface area contributed by atoms with Gasteiger partial charge in [0.25, 0.3) is 0 Å². The molecule has 1 aromatic rings. The molecule has 0 saturated heterocycles. The number of anilines is 1. The molecule has 110 valence electrons. The summed E-state index contributed by atoms with van der Waals surface area (Å²) >= 11 is 0. The monoisotopic (exact) mass is 276 g/mol. The molecule has 0 spiro atoms. The van der Waals surface area contributed by atoms with Crippen molar-refractivity contribution < 1.29 is 9.53 Å². The van der Waals surface area contributed by atoms with Crippen LogP contribution in [0.4, 0.5) is 5.69 Å². The van der Waals surface area contributed by atoms with Gasteiger partial charge in [0.05, 0.1) is 24.6 Å². The minimum Gasteiger partial charge on any atom is -0.465 e. The second-order valence-corrected chi connectivity index (χ2v) is 4.90.